The Kier molecular flexibility index (Phi) is 5.77. The number of aromatic amines is 1. The summed E-state index contributed by atoms with van der Waals surface area (Å²) in [6, 6.07) is 11.8. The first-order chi connectivity index (χ1) is 15.0. The van der Waals surface area contributed by atoms with E-state index >= 15 is 0 Å². The van der Waals surface area contributed by atoms with E-state index < -0.39 is 5.97 Å². The van der Waals surface area contributed by atoms with Gasteiger partial charge in [-0.15, -0.1) is 0 Å². The van der Waals surface area contributed by atoms with Crippen LogP contribution in [0.5, 0.6) is 11.5 Å². The molecular weight excluding hydrogens is 392 g/mol. The van der Waals surface area contributed by atoms with Crippen molar-refractivity contribution in [3.8, 4) is 11.5 Å². The summed E-state index contributed by atoms with van der Waals surface area (Å²) in [5.41, 5.74) is 2.21. The van der Waals surface area contributed by atoms with Gasteiger partial charge >= 0.3 is 5.97 Å². The van der Waals surface area contributed by atoms with Gasteiger partial charge in [-0.3, -0.25) is 4.79 Å². The molecule has 0 radical (unpaired) electrons. The van der Waals surface area contributed by atoms with Gasteiger partial charge in [0.15, 0.2) is 0 Å². The van der Waals surface area contributed by atoms with Gasteiger partial charge in [0.25, 0.3) is 0 Å². The molecule has 1 fully saturated rings. The molecule has 1 aliphatic rings. The van der Waals surface area contributed by atoms with E-state index in [4.69, 9.17) is 16.4 Å². The van der Waals surface area contributed by atoms with Crippen LogP contribution in [0.4, 0.5) is 0 Å². The third-order valence-corrected chi connectivity index (χ3v) is 6.10. The highest BCUT2D eigenvalue weighted by molar-refractivity contribution is 5.88. The summed E-state index contributed by atoms with van der Waals surface area (Å²) < 4.78 is 5.90. The van der Waals surface area contributed by atoms with Crippen LogP contribution < -0.4 is 4.74 Å². The van der Waals surface area contributed by atoms with Gasteiger partial charge in [-0.05, 0) is 67.3 Å². The number of carboxylic acids is 1. The molecule has 1 aliphatic carbocycles. The molecule has 31 heavy (non-hydrogen) atoms. The van der Waals surface area contributed by atoms with E-state index in [-0.39, 0.29) is 29.2 Å². The summed E-state index contributed by atoms with van der Waals surface area (Å²) in [7, 11) is 0. The van der Waals surface area contributed by atoms with Gasteiger partial charge in [-0.25, -0.2) is 11.4 Å². The molecule has 3 atom stereocenters. The first-order valence-corrected chi connectivity index (χ1v) is 10.5. The fourth-order valence-electron chi connectivity index (χ4n) is 4.41. The SMILES string of the molecule is [C-]#[N+][C@H]1CCCC1C(=O)[C@@H](C)Cc1c[nH]c2ccc(Oc3ccc(C(=O)O)cc3)cc12. The van der Waals surface area contributed by atoms with Crippen LogP contribution in [0.25, 0.3) is 15.7 Å². The van der Waals surface area contributed by atoms with Gasteiger partial charge < -0.3 is 19.7 Å². The van der Waals surface area contributed by atoms with Crippen molar-refractivity contribution in [3.05, 3.63) is 71.2 Å². The van der Waals surface area contributed by atoms with E-state index in [2.05, 4.69) is 9.83 Å². The molecule has 6 heteroatoms. The standard InChI is InChI=1S/C25H24N2O4/c1-15(24(28)20-4-3-5-22(20)26-2)12-17-14-27-23-11-10-19(13-21(17)23)31-18-8-6-16(7-9-18)25(29)30/h6-11,13-15,20,22,27H,3-5,12H2,1H3,(H,29,30)/t15-,20?,22-/m0/s1. The number of nitrogens with zero attached hydrogens (tertiary/aromatic N) is 1. The van der Waals surface area contributed by atoms with Crippen molar-refractivity contribution in [3.63, 3.8) is 0 Å². The normalized spacial score (nSPS) is 19.1. The maximum atomic E-state index is 12.9. The number of carboxylic acid groups (broad SMARTS) is 1. The number of ether oxygens (including phenoxy) is 1. The lowest BCUT2D eigenvalue weighted by Gasteiger charge is -2.15. The van der Waals surface area contributed by atoms with E-state index in [0.29, 0.717) is 17.9 Å². The molecule has 158 valence electrons. The number of nitrogens with one attached hydrogen (secondary N) is 1. The van der Waals surface area contributed by atoms with Crippen LogP contribution in [0.15, 0.2) is 48.7 Å². The molecule has 2 aromatic carbocycles. The molecule has 1 saturated carbocycles. The first kappa shape index (κ1) is 20.7. The Morgan fingerprint density at radius 3 is 2.65 bits per heavy atom. The maximum absolute atomic E-state index is 12.9. The summed E-state index contributed by atoms with van der Waals surface area (Å²) in [6.45, 7) is 9.29. The predicted octanol–water partition coefficient (Wildman–Crippen LogP) is 5.49. The smallest absolute Gasteiger partial charge is 0.335 e. The van der Waals surface area contributed by atoms with Crippen LogP contribution in [0, 0.1) is 18.4 Å². The average molecular weight is 416 g/mol. The molecule has 0 bridgehead atoms. The van der Waals surface area contributed by atoms with Gasteiger partial charge in [0, 0.05) is 29.4 Å². The Morgan fingerprint density at radius 1 is 1.19 bits per heavy atom. The monoisotopic (exact) mass is 416 g/mol. The molecule has 1 heterocycles. The minimum absolute atomic E-state index is 0.134. The number of hydrogen-bond acceptors (Lipinski definition) is 3. The van der Waals surface area contributed by atoms with Crippen LogP contribution in [-0.4, -0.2) is 27.9 Å². The zero-order valence-corrected chi connectivity index (χ0v) is 17.3. The van der Waals surface area contributed by atoms with Gasteiger partial charge in [0.2, 0.25) is 6.04 Å². The topological polar surface area (TPSA) is 83.8 Å². The highest BCUT2D eigenvalue weighted by atomic mass is 16.5. The number of benzene rings is 2. The average Bonchev–Trinajstić information content (AvgIpc) is 3.40. The van der Waals surface area contributed by atoms with Crippen LogP contribution in [-0.2, 0) is 11.2 Å². The van der Waals surface area contributed by atoms with Crippen molar-refractivity contribution in [2.24, 2.45) is 11.8 Å². The van der Waals surface area contributed by atoms with Crippen LogP contribution in [0.3, 0.4) is 0 Å². The van der Waals surface area contributed by atoms with Crippen molar-refractivity contribution in [1.29, 1.82) is 0 Å². The number of fused-ring (bicyclic) bond motifs is 1. The van der Waals surface area contributed by atoms with Crippen LogP contribution >= 0.6 is 0 Å². The molecular formula is C25H24N2O4. The summed E-state index contributed by atoms with van der Waals surface area (Å²) in [5, 5.41) is 10.0. The molecule has 0 saturated heterocycles. The number of carbonyl (C=O) groups is 2. The molecule has 4 rings (SSSR count). The molecule has 0 aliphatic heterocycles. The Balaban J connectivity index is 1.51. The lowest BCUT2D eigenvalue weighted by molar-refractivity contribution is -0.126. The fourth-order valence-corrected chi connectivity index (χ4v) is 4.41. The Hall–Kier alpha value is -3.59. The molecule has 2 N–H and O–H groups in total. The number of aromatic nitrogens is 1. The minimum Gasteiger partial charge on any atom is -0.478 e. The summed E-state index contributed by atoms with van der Waals surface area (Å²) in [5.74, 6) is 0.119. The van der Waals surface area contributed by atoms with Crippen molar-refractivity contribution in [2.75, 3.05) is 0 Å². The first-order valence-electron chi connectivity index (χ1n) is 10.5. The summed E-state index contributed by atoms with van der Waals surface area (Å²) in [6.07, 6.45) is 5.14. The maximum Gasteiger partial charge on any atom is 0.335 e. The van der Waals surface area contributed by atoms with E-state index in [0.717, 1.165) is 35.7 Å². The summed E-state index contributed by atoms with van der Waals surface area (Å²) in [4.78, 5) is 30.8. The van der Waals surface area contributed by atoms with Gasteiger partial charge in [-0.1, -0.05) is 6.92 Å². The second-order valence-electron chi connectivity index (χ2n) is 8.19. The van der Waals surface area contributed by atoms with Gasteiger partial charge in [0.1, 0.15) is 17.3 Å². The zero-order chi connectivity index (χ0) is 22.0. The quantitative estimate of drug-likeness (QED) is 0.499. The third kappa shape index (κ3) is 4.31. The number of hydrogen-bond donors (Lipinski definition) is 2. The number of carbonyl (C=O) groups excluding carboxylic acids is 1. The zero-order valence-electron chi connectivity index (χ0n) is 17.3. The second-order valence-corrected chi connectivity index (χ2v) is 8.19. The minimum atomic E-state index is -0.978. The summed E-state index contributed by atoms with van der Waals surface area (Å²) >= 11 is 0. The van der Waals surface area contributed by atoms with Crippen LogP contribution in [0.2, 0.25) is 0 Å². The second kappa shape index (κ2) is 8.65. The molecule has 3 aromatic rings. The van der Waals surface area contributed by atoms with Crippen LogP contribution in [0.1, 0.15) is 42.1 Å². The lowest BCUT2D eigenvalue weighted by Crippen LogP contribution is -2.27. The molecule has 0 amide bonds. The van der Waals surface area contributed by atoms with Gasteiger partial charge in [0.05, 0.1) is 11.5 Å². The Labute approximate surface area is 180 Å². The highest BCUT2D eigenvalue weighted by Gasteiger charge is 2.39. The largest absolute Gasteiger partial charge is 0.478 e. The molecule has 6 nitrogen and oxygen atoms in total. The van der Waals surface area contributed by atoms with Crippen molar-refractivity contribution >= 4 is 22.7 Å². The molecule has 0 spiro atoms. The van der Waals surface area contributed by atoms with E-state index in [1.807, 2.05) is 31.3 Å². The molecule has 1 unspecified atom stereocenters. The number of ketones is 1. The number of rotatable bonds is 7. The Morgan fingerprint density at radius 2 is 1.94 bits per heavy atom. The van der Waals surface area contributed by atoms with Gasteiger partial charge in [-0.2, -0.15) is 0 Å². The highest BCUT2D eigenvalue weighted by Crippen LogP contribution is 2.33. The van der Waals surface area contributed by atoms with Crippen molar-refractivity contribution < 1.29 is 19.4 Å². The van der Waals surface area contributed by atoms with Crippen molar-refractivity contribution in [2.45, 2.75) is 38.6 Å². The van der Waals surface area contributed by atoms with Crippen molar-refractivity contribution in [1.82, 2.24) is 4.98 Å². The number of Topliss-reactive ketones (excluding diaryl/α,β-unsaturated/α-hetero) is 1. The van der Waals surface area contributed by atoms with E-state index in [1.54, 1.807) is 12.1 Å². The lowest BCUT2D eigenvalue weighted by atomic mass is 9.86. The molecule has 1 aromatic heterocycles. The van der Waals surface area contributed by atoms with E-state index in [1.165, 1.54) is 12.1 Å². The number of aromatic carboxylic acids is 1. The van der Waals surface area contributed by atoms with E-state index in [9.17, 15) is 9.59 Å². The fraction of sp³-hybridized carbons (Fsp3) is 0.320. The third-order valence-electron chi connectivity index (χ3n) is 6.10. The number of H-pyrrole nitrogens is 1. The predicted molar refractivity (Wildman–Crippen MR) is 117 cm³/mol. The Bertz CT molecular complexity index is 1160.